The summed E-state index contributed by atoms with van der Waals surface area (Å²) in [6.45, 7) is 4.04. The Balaban J connectivity index is 2.36. The number of rotatable bonds is 7. The first-order valence-electron chi connectivity index (χ1n) is 5.46. The maximum atomic E-state index is 5.62. The Morgan fingerprint density at radius 3 is 2.60 bits per heavy atom. The summed E-state index contributed by atoms with van der Waals surface area (Å²) in [5.74, 6) is 0. The van der Waals surface area contributed by atoms with Gasteiger partial charge in [-0.1, -0.05) is 12.2 Å². The topological polar surface area (TPSA) is 38.5 Å². The minimum Gasteiger partial charge on any atom is -0.393 e. The Kier molecular flexibility index (Phi) is 4.49. The molecule has 0 aromatic rings. The summed E-state index contributed by atoms with van der Waals surface area (Å²) >= 11 is 4.99. The zero-order valence-corrected chi connectivity index (χ0v) is 10.8. The fraction of sp³-hybridized carbons (Fsp3) is 0.909. The van der Waals surface area contributed by atoms with Gasteiger partial charge in [-0.05, 0) is 32.2 Å². The fourth-order valence-electron chi connectivity index (χ4n) is 1.99. The van der Waals surface area contributed by atoms with Crippen LogP contribution in [0.1, 0.15) is 26.2 Å². The molecule has 2 N–H and O–H groups in total. The minimum atomic E-state index is 0.378. The van der Waals surface area contributed by atoms with Crippen LogP contribution in [0.5, 0.6) is 0 Å². The van der Waals surface area contributed by atoms with Gasteiger partial charge in [0.1, 0.15) is 0 Å². The molecule has 0 aromatic carbocycles. The number of thiocarbonyl (C=S) groups is 1. The predicted octanol–water partition coefficient (Wildman–Crippen LogP) is 1.41. The van der Waals surface area contributed by atoms with Crippen molar-refractivity contribution >= 4 is 17.2 Å². The van der Waals surface area contributed by atoms with Crippen molar-refractivity contribution in [3.63, 3.8) is 0 Å². The molecule has 0 radical (unpaired) electrons. The molecule has 0 spiro atoms. The molecule has 0 saturated heterocycles. The molecule has 1 fully saturated rings. The smallest absolute Gasteiger partial charge is 0.0733 e. The van der Waals surface area contributed by atoms with Gasteiger partial charge in [0.15, 0.2) is 0 Å². The molecule has 4 heteroatoms. The molecule has 15 heavy (non-hydrogen) atoms. The van der Waals surface area contributed by atoms with Gasteiger partial charge in [0.2, 0.25) is 0 Å². The largest absolute Gasteiger partial charge is 0.393 e. The van der Waals surface area contributed by atoms with Crippen molar-refractivity contribution in [3.8, 4) is 0 Å². The van der Waals surface area contributed by atoms with Gasteiger partial charge in [-0.15, -0.1) is 0 Å². The van der Waals surface area contributed by atoms with Gasteiger partial charge in [-0.2, -0.15) is 0 Å². The Hall–Kier alpha value is -0.190. The van der Waals surface area contributed by atoms with E-state index in [-0.39, 0.29) is 0 Å². The van der Waals surface area contributed by atoms with Gasteiger partial charge in [0, 0.05) is 26.1 Å². The highest BCUT2D eigenvalue weighted by molar-refractivity contribution is 7.80. The molecule has 1 aliphatic rings. The molecule has 0 aliphatic heterocycles. The minimum absolute atomic E-state index is 0.378. The normalized spacial score (nSPS) is 20.3. The zero-order chi connectivity index (χ0) is 11.5. The summed E-state index contributed by atoms with van der Waals surface area (Å²) in [5, 5.41) is 0. The predicted molar refractivity (Wildman–Crippen MR) is 67.0 cm³/mol. The number of hydrogen-bond acceptors (Lipinski definition) is 3. The van der Waals surface area contributed by atoms with Gasteiger partial charge in [-0.3, -0.25) is 0 Å². The molecule has 0 aromatic heterocycles. The number of nitrogens with zero attached hydrogens (tertiary/aromatic N) is 1. The lowest BCUT2D eigenvalue weighted by Crippen LogP contribution is -2.38. The highest BCUT2D eigenvalue weighted by Crippen LogP contribution is 2.49. The van der Waals surface area contributed by atoms with Crippen LogP contribution in [-0.2, 0) is 4.74 Å². The lowest BCUT2D eigenvalue weighted by Gasteiger charge is -2.28. The van der Waals surface area contributed by atoms with E-state index >= 15 is 0 Å². The lowest BCUT2D eigenvalue weighted by atomic mass is 10.0. The third kappa shape index (κ3) is 4.05. The van der Waals surface area contributed by atoms with E-state index in [4.69, 9.17) is 22.7 Å². The van der Waals surface area contributed by atoms with Crippen molar-refractivity contribution in [3.05, 3.63) is 0 Å². The van der Waals surface area contributed by atoms with Gasteiger partial charge >= 0.3 is 0 Å². The average molecular weight is 230 g/mol. The highest BCUT2D eigenvalue weighted by atomic mass is 32.1. The average Bonchev–Trinajstić information content (AvgIpc) is 2.83. The van der Waals surface area contributed by atoms with Crippen LogP contribution in [0.4, 0.5) is 0 Å². The molecular formula is C11H22N2OS. The van der Waals surface area contributed by atoms with E-state index in [9.17, 15) is 0 Å². The van der Waals surface area contributed by atoms with Crippen molar-refractivity contribution in [2.24, 2.45) is 11.1 Å². The monoisotopic (exact) mass is 230 g/mol. The fourth-order valence-corrected chi connectivity index (χ4v) is 2.30. The second-order valence-corrected chi connectivity index (χ2v) is 5.39. The Morgan fingerprint density at radius 2 is 2.20 bits per heavy atom. The van der Waals surface area contributed by atoms with Crippen molar-refractivity contribution in [1.82, 2.24) is 4.90 Å². The van der Waals surface area contributed by atoms with Crippen LogP contribution in [0.15, 0.2) is 0 Å². The van der Waals surface area contributed by atoms with E-state index in [0.717, 1.165) is 19.6 Å². The summed E-state index contributed by atoms with van der Waals surface area (Å²) < 4.78 is 5.15. The highest BCUT2D eigenvalue weighted by Gasteiger charge is 2.43. The van der Waals surface area contributed by atoms with E-state index in [1.54, 1.807) is 7.11 Å². The maximum Gasteiger partial charge on any atom is 0.0733 e. The van der Waals surface area contributed by atoms with Crippen LogP contribution in [0.25, 0.3) is 0 Å². The number of nitrogens with two attached hydrogens (primary N) is 1. The lowest BCUT2D eigenvalue weighted by molar-refractivity contribution is 0.103. The third-order valence-electron chi connectivity index (χ3n) is 3.25. The SMILES string of the molecule is COCC(C)N(C)CC1(CC(N)=S)CC1. The van der Waals surface area contributed by atoms with Gasteiger partial charge in [-0.25, -0.2) is 0 Å². The summed E-state index contributed by atoms with van der Waals surface area (Å²) in [7, 11) is 3.88. The molecule has 1 saturated carbocycles. The zero-order valence-electron chi connectivity index (χ0n) is 9.95. The standard InChI is InChI=1S/C11H22N2OS/c1-9(7-14-3)13(2)8-11(4-5-11)6-10(12)15/h9H,4-8H2,1-3H3,(H2,12,15). The summed E-state index contributed by atoms with van der Waals surface area (Å²) in [6, 6.07) is 0.457. The summed E-state index contributed by atoms with van der Waals surface area (Å²) in [4.78, 5) is 3.00. The van der Waals surface area contributed by atoms with Crippen LogP contribution in [0, 0.1) is 5.41 Å². The van der Waals surface area contributed by atoms with E-state index in [2.05, 4.69) is 18.9 Å². The van der Waals surface area contributed by atoms with E-state index in [1.165, 1.54) is 12.8 Å². The van der Waals surface area contributed by atoms with Crippen LogP contribution >= 0.6 is 12.2 Å². The number of methoxy groups -OCH3 is 1. The molecular weight excluding hydrogens is 208 g/mol. The van der Waals surface area contributed by atoms with E-state index in [1.807, 2.05) is 0 Å². The summed E-state index contributed by atoms with van der Waals surface area (Å²) in [6.07, 6.45) is 3.41. The van der Waals surface area contributed by atoms with E-state index < -0.39 is 0 Å². The second-order valence-electron chi connectivity index (χ2n) is 4.86. The molecule has 3 nitrogen and oxygen atoms in total. The molecule has 0 bridgehead atoms. The van der Waals surface area contributed by atoms with E-state index in [0.29, 0.717) is 16.4 Å². The number of hydrogen-bond donors (Lipinski definition) is 1. The first-order chi connectivity index (χ1) is 6.99. The van der Waals surface area contributed by atoms with Gasteiger partial charge in [0.25, 0.3) is 0 Å². The number of ether oxygens (including phenoxy) is 1. The molecule has 1 atom stereocenters. The molecule has 88 valence electrons. The van der Waals surface area contributed by atoms with Crippen LogP contribution in [0.2, 0.25) is 0 Å². The molecule has 1 rings (SSSR count). The van der Waals surface area contributed by atoms with Crippen molar-refractivity contribution in [2.45, 2.75) is 32.2 Å². The Bertz CT molecular complexity index is 229. The molecule has 0 heterocycles. The molecule has 1 unspecified atom stereocenters. The van der Waals surface area contributed by atoms with Gasteiger partial charge < -0.3 is 15.4 Å². The molecule has 0 amide bonds. The summed E-state index contributed by atoms with van der Waals surface area (Å²) in [5.41, 5.74) is 5.99. The van der Waals surface area contributed by atoms with Crippen LogP contribution < -0.4 is 5.73 Å². The van der Waals surface area contributed by atoms with Crippen molar-refractivity contribution in [2.75, 3.05) is 27.3 Å². The van der Waals surface area contributed by atoms with Gasteiger partial charge in [0.05, 0.1) is 11.6 Å². The van der Waals surface area contributed by atoms with Crippen LogP contribution in [-0.4, -0.2) is 43.2 Å². The van der Waals surface area contributed by atoms with Crippen molar-refractivity contribution in [1.29, 1.82) is 0 Å². The van der Waals surface area contributed by atoms with Crippen molar-refractivity contribution < 1.29 is 4.74 Å². The Labute approximate surface area is 98.0 Å². The first-order valence-corrected chi connectivity index (χ1v) is 5.87. The first kappa shape index (κ1) is 12.9. The second kappa shape index (κ2) is 5.23. The Morgan fingerprint density at radius 1 is 1.60 bits per heavy atom. The molecule has 1 aliphatic carbocycles. The third-order valence-corrected chi connectivity index (χ3v) is 3.40. The van der Waals surface area contributed by atoms with Crippen LogP contribution in [0.3, 0.4) is 0 Å². The number of likely N-dealkylation sites (N-methyl/N-ethyl adjacent to an activating group) is 1. The maximum absolute atomic E-state index is 5.62. The quantitative estimate of drug-likeness (QED) is 0.671.